The zero-order chi connectivity index (χ0) is 36.7. The zero-order valence-electron chi connectivity index (χ0n) is 29.3. The molecule has 1 unspecified atom stereocenters. The second-order valence-electron chi connectivity index (χ2n) is 13.5. The van der Waals surface area contributed by atoms with E-state index in [4.69, 9.17) is 9.47 Å². The molecule has 0 radical (unpaired) electrons. The van der Waals surface area contributed by atoms with E-state index in [0.29, 0.717) is 53.7 Å². The van der Waals surface area contributed by atoms with E-state index in [1.54, 1.807) is 18.2 Å². The number of aromatic nitrogens is 1. The second-order valence-corrected chi connectivity index (χ2v) is 14.4. The highest BCUT2D eigenvalue weighted by molar-refractivity contribution is 9.10. The van der Waals surface area contributed by atoms with Crippen LogP contribution >= 0.6 is 15.9 Å². The number of ether oxygens (including phenoxy) is 2. The van der Waals surface area contributed by atoms with Gasteiger partial charge in [-0.1, -0.05) is 55.5 Å². The van der Waals surface area contributed by atoms with E-state index in [1.165, 1.54) is 31.3 Å². The van der Waals surface area contributed by atoms with E-state index in [9.17, 15) is 25.0 Å². The van der Waals surface area contributed by atoms with Crippen LogP contribution in [0.2, 0.25) is 0 Å². The number of piperidine rings is 2. The normalized spacial score (nSPS) is 16.2. The third-order valence-electron chi connectivity index (χ3n) is 9.85. The summed E-state index contributed by atoms with van der Waals surface area (Å²) in [5.41, 5.74) is 0.0376. The van der Waals surface area contributed by atoms with Gasteiger partial charge in [0.1, 0.15) is 23.3 Å². The van der Waals surface area contributed by atoms with Crippen molar-refractivity contribution in [2.45, 2.75) is 84.7 Å². The Balaban J connectivity index is 1.60. The fraction of sp³-hybridized carbons (Fsp3) is 0.514. The van der Waals surface area contributed by atoms with Crippen LogP contribution in [0, 0.1) is 37.9 Å². The van der Waals surface area contributed by atoms with E-state index >= 15 is 4.39 Å². The number of carbonyl (C=O) groups is 1. The van der Waals surface area contributed by atoms with Crippen LogP contribution in [-0.4, -0.2) is 46.8 Å². The molecular weight excluding hydrogens is 725 g/mol. The summed E-state index contributed by atoms with van der Waals surface area (Å²) in [4.78, 5) is 45.1. The summed E-state index contributed by atoms with van der Waals surface area (Å²) in [6.07, 6.45) is 7.78. The molecule has 3 aromatic rings. The van der Waals surface area contributed by atoms with Crippen molar-refractivity contribution in [1.82, 2.24) is 4.98 Å². The number of ketones is 1. The zero-order valence-corrected chi connectivity index (χ0v) is 30.9. The Kier molecular flexibility index (Phi) is 12.8. The maximum Gasteiger partial charge on any atom is 0.354 e. The molecule has 3 heterocycles. The fourth-order valence-corrected chi connectivity index (χ4v) is 7.72. The number of pyridine rings is 1. The van der Waals surface area contributed by atoms with Crippen molar-refractivity contribution in [3.63, 3.8) is 0 Å². The minimum atomic E-state index is -1.08. The Morgan fingerprint density at radius 1 is 0.922 bits per heavy atom. The molecule has 274 valence electrons. The Labute approximate surface area is 305 Å². The Morgan fingerprint density at radius 2 is 1.51 bits per heavy atom. The van der Waals surface area contributed by atoms with Gasteiger partial charge in [0.25, 0.3) is 0 Å². The van der Waals surface area contributed by atoms with Crippen molar-refractivity contribution in [2.24, 2.45) is 11.8 Å². The maximum atomic E-state index is 15.0. The first kappa shape index (κ1) is 37.9. The molecule has 0 N–H and O–H groups in total. The van der Waals surface area contributed by atoms with Gasteiger partial charge in [0, 0.05) is 48.8 Å². The number of carbonyl (C=O) groups excluding carboxylic acids is 1. The smallest absolute Gasteiger partial charge is 0.354 e. The summed E-state index contributed by atoms with van der Waals surface area (Å²) in [5, 5.41) is 25.6. The molecule has 0 saturated carbocycles. The van der Waals surface area contributed by atoms with Crippen molar-refractivity contribution in [3.05, 3.63) is 78.7 Å². The Hall–Kier alpha value is -4.33. The molecule has 1 aromatic heterocycles. The van der Waals surface area contributed by atoms with Crippen LogP contribution in [0.4, 0.5) is 27.1 Å². The molecule has 0 spiro atoms. The predicted octanol–water partition coefficient (Wildman–Crippen LogP) is 9.72. The van der Waals surface area contributed by atoms with Gasteiger partial charge in [0.05, 0.1) is 9.85 Å². The number of hydrogen-bond acceptors (Lipinski definition) is 10. The van der Waals surface area contributed by atoms with Crippen LogP contribution in [-0.2, 0) is 4.79 Å². The lowest BCUT2D eigenvalue weighted by Crippen LogP contribution is -2.35. The van der Waals surface area contributed by atoms with Crippen molar-refractivity contribution in [2.75, 3.05) is 36.0 Å². The van der Waals surface area contributed by atoms with Gasteiger partial charge in [-0.25, -0.2) is 9.37 Å². The molecule has 0 bridgehead atoms. The molecule has 0 aliphatic carbocycles. The quantitative estimate of drug-likeness (QED) is 0.108. The number of anilines is 2. The van der Waals surface area contributed by atoms with Crippen LogP contribution in [0.3, 0.4) is 0 Å². The highest BCUT2D eigenvalue weighted by Crippen LogP contribution is 2.48. The fourth-order valence-electron chi connectivity index (χ4n) is 7.38. The third kappa shape index (κ3) is 9.13. The topological polar surface area (TPSA) is 141 Å². The van der Waals surface area contributed by atoms with Gasteiger partial charge in [0.2, 0.25) is 5.75 Å². The van der Waals surface area contributed by atoms with Crippen LogP contribution in [0.1, 0.15) is 90.2 Å². The molecule has 12 nitrogen and oxygen atoms in total. The van der Waals surface area contributed by atoms with Gasteiger partial charge >= 0.3 is 17.3 Å². The second kappa shape index (κ2) is 17.3. The maximum absolute atomic E-state index is 15.0. The molecule has 2 aliphatic heterocycles. The number of nitrogens with zero attached hydrogens (tertiary/aromatic N) is 5. The molecule has 1 atom stereocenters. The van der Waals surface area contributed by atoms with Crippen LogP contribution in [0.15, 0.2) is 47.1 Å². The van der Waals surface area contributed by atoms with Crippen LogP contribution in [0.5, 0.6) is 17.4 Å². The number of rotatable bonds is 15. The van der Waals surface area contributed by atoms with E-state index in [-0.39, 0.29) is 41.0 Å². The summed E-state index contributed by atoms with van der Waals surface area (Å²) < 4.78 is 27.7. The van der Waals surface area contributed by atoms with Gasteiger partial charge in [-0.3, -0.25) is 25.0 Å². The van der Waals surface area contributed by atoms with Crippen molar-refractivity contribution in [1.29, 1.82) is 0 Å². The molecule has 2 fully saturated rings. The first-order valence-electron chi connectivity index (χ1n) is 17.7. The van der Waals surface area contributed by atoms with E-state index in [1.807, 2.05) is 9.80 Å². The number of nitro benzene ring substituents is 1. The highest BCUT2D eigenvalue weighted by atomic mass is 79.9. The summed E-state index contributed by atoms with van der Waals surface area (Å²) in [5.74, 6) is -0.618. The summed E-state index contributed by atoms with van der Waals surface area (Å²) >= 11 is 3.24. The SMILES string of the molecule is CCCC1CCN(c2ccnc(Oc3ccc(C(CC(C)=O)Oc4ccc(Br)cc4F)c(N4CCC(CCC)CC4)c3[N+](=O)[O-])c2[N+](=O)[O-])CC1. The van der Waals surface area contributed by atoms with Crippen molar-refractivity contribution < 1.29 is 28.5 Å². The Bertz CT molecular complexity index is 1730. The molecule has 2 aromatic carbocycles. The highest BCUT2D eigenvalue weighted by Gasteiger charge is 2.37. The number of benzene rings is 2. The number of Topliss-reactive ketones (excluding diaryl/α,β-unsaturated/α-hetero) is 1. The minimum absolute atomic E-state index is 0.115. The van der Waals surface area contributed by atoms with Crippen molar-refractivity contribution >= 4 is 44.5 Å². The lowest BCUT2D eigenvalue weighted by molar-refractivity contribution is -0.387. The molecule has 2 saturated heterocycles. The third-order valence-corrected chi connectivity index (χ3v) is 10.3. The number of halogens is 2. The molecular formula is C37H45BrFN5O7. The van der Waals surface area contributed by atoms with Gasteiger partial charge in [-0.15, -0.1) is 0 Å². The van der Waals surface area contributed by atoms with Crippen LogP contribution < -0.4 is 19.3 Å². The minimum Gasteiger partial charge on any atom is -0.482 e. The largest absolute Gasteiger partial charge is 0.482 e. The van der Waals surface area contributed by atoms with E-state index in [0.717, 1.165) is 51.4 Å². The monoisotopic (exact) mass is 769 g/mol. The average molecular weight is 771 g/mol. The lowest BCUT2D eigenvalue weighted by atomic mass is 9.91. The van der Waals surface area contributed by atoms with Crippen LogP contribution in [0.25, 0.3) is 0 Å². The molecule has 14 heteroatoms. The van der Waals surface area contributed by atoms with Gasteiger partial charge in [-0.05, 0) is 80.8 Å². The summed E-state index contributed by atoms with van der Waals surface area (Å²) in [6, 6.07) is 8.76. The van der Waals surface area contributed by atoms with Gasteiger partial charge < -0.3 is 19.3 Å². The summed E-state index contributed by atoms with van der Waals surface area (Å²) in [6.45, 7) is 7.90. The summed E-state index contributed by atoms with van der Waals surface area (Å²) in [7, 11) is 0. The molecule has 5 rings (SSSR count). The predicted molar refractivity (Wildman–Crippen MR) is 197 cm³/mol. The molecule has 2 aliphatic rings. The standard InChI is InChI=1S/C37H45BrFN5O7/c1-4-6-25-13-18-41(19-14-25)30-12-17-40-37(35(30)43(46)47)51-32-11-9-28(33(22-24(3)45)50-31-10-8-27(38)23-29(31)39)34(36(32)44(48)49)42-20-15-26(7-5-2)16-21-42/h8-12,17,23,25-26,33H,4-7,13-16,18-22H2,1-3H3. The molecule has 0 amide bonds. The van der Waals surface area contributed by atoms with E-state index in [2.05, 4.69) is 34.8 Å². The first-order valence-corrected chi connectivity index (χ1v) is 18.5. The number of hydrogen-bond donors (Lipinski definition) is 0. The lowest BCUT2D eigenvalue weighted by Gasteiger charge is -2.35. The average Bonchev–Trinajstić information content (AvgIpc) is 3.09. The molecule has 51 heavy (non-hydrogen) atoms. The Morgan fingerprint density at radius 3 is 2.06 bits per heavy atom. The number of nitro groups is 2. The van der Waals surface area contributed by atoms with Crippen molar-refractivity contribution in [3.8, 4) is 17.4 Å². The van der Waals surface area contributed by atoms with E-state index < -0.39 is 27.5 Å². The van der Waals surface area contributed by atoms with Gasteiger partial charge in [-0.2, -0.15) is 0 Å². The van der Waals surface area contributed by atoms with Gasteiger partial charge in [0.15, 0.2) is 11.6 Å². The first-order chi connectivity index (χ1) is 24.5.